The lowest BCUT2D eigenvalue weighted by molar-refractivity contribution is 0.182. The van der Waals surface area contributed by atoms with Gasteiger partial charge in [0.05, 0.1) is 5.69 Å². The summed E-state index contributed by atoms with van der Waals surface area (Å²) in [7, 11) is 0. The SMILES string of the molecule is CC(O)c1ncc2n1CCNC2. The number of rotatable bonds is 1. The Morgan fingerprint density at radius 2 is 2.58 bits per heavy atom. The number of aliphatic hydroxyl groups is 1. The van der Waals surface area contributed by atoms with Gasteiger partial charge in [-0.05, 0) is 6.92 Å². The van der Waals surface area contributed by atoms with Crippen molar-refractivity contribution in [2.45, 2.75) is 26.1 Å². The number of aromatic nitrogens is 2. The van der Waals surface area contributed by atoms with Crippen molar-refractivity contribution in [2.75, 3.05) is 6.54 Å². The van der Waals surface area contributed by atoms with Gasteiger partial charge in [-0.25, -0.2) is 4.98 Å². The van der Waals surface area contributed by atoms with Crippen molar-refractivity contribution in [1.29, 1.82) is 0 Å². The van der Waals surface area contributed by atoms with Crippen LogP contribution in [-0.4, -0.2) is 21.2 Å². The van der Waals surface area contributed by atoms with Crippen LogP contribution in [0.1, 0.15) is 24.5 Å². The highest BCUT2D eigenvalue weighted by Crippen LogP contribution is 2.14. The van der Waals surface area contributed by atoms with Gasteiger partial charge < -0.3 is 15.0 Å². The second kappa shape index (κ2) is 2.88. The van der Waals surface area contributed by atoms with Crippen LogP contribution in [0, 0.1) is 0 Å². The van der Waals surface area contributed by atoms with Crippen LogP contribution in [0.2, 0.25) is 0 Å². The third kappa shape index (κ3) is 1.13. The Hall–Kier alpha value is -0.870. The number of hydrogen-bond acceptors (Lipinski definition) is 3. The number of aliphatic hydroxyl groups excluding tert-OH is 1. The zero-order valence-corrected chi connectivity index (χ0v) is 7.12. The first kappa shape index (κ1) is 7.76. The van der Waals surface area contributed by atoms with Crippen LogP contribution in [0.5, 0.6) is 0 Å². The van der Waals surface area contributed by atoms with Gasteiger partial charge in [0.15, 0.2) is 0 Å². The molecule has 1 unspecified atom stereocenters. The molecule has 4 heteroatoms. The smallest absolute Gasteiger partial charge is 0.137 e. The van der Waals surface area contributed by atoms with Crippen LogP contribution in [0.4, 0.5) is 0 Å². The largest absolute Gasteiger partial charge is 0.385 e. The van der Waals surface area contributed by atoms with Crippen LogP contribution >= 0.6 is 0 Å². The molecule has 2 rings (SSSR count). The summed E-state index contributed by atoms with van der Waals surface area (Å²) in [5.74, 6) is 0.784. The second-order valence-corrected chi connectivity index (χ2v) is 3.11. The van der Waals surface area contributed by atoms with Gasteiger partial charge in [-0.1, -0.05) is 0 Å². The van der Waals surface area contributed by atoms with Crippen LogP contribution in [0.25, 0.3) is 0 Å². The summed E-state index contributed by atoms with van der Waals surface area (Å²) in [6.07, 6.45) is 1.37. The van der Waals surface area contributed by atoms with E-state index in [-0.39, 0.29) is 0 Å². The average Bonchev–Trinajstić information content (AvgIpc) is 2.47. The standard InChI is InChI=1S/C8H13N3O/c1-6(12)8-10-5-7-4-9-2-3-11(7)8/h5-6,9,12H,2-4H2,1H3. The van der Waals surface area contributed by atoms with Gasteiger partial charge in [0.25, 0.3) is 0 Å². The molecule has 12 heavy (non-hydrogen) atoms. The Balaban J connectivity index is 2.38. The Morgan fingerprint density at radius 3 is 3.33 bits per heavy atom. The lowest BCUT2D eigenvalue weighted by Gasteiger charge is -2.18. The molecule has 1 aromatic heterocycles. The van der Waals surface area contributed by atoms with Crippen molar-refractivity contribution in [1.82, 2.24) is 14.9 Å². The molecule has 0 fully saturated rings. The Labute approximate surface area is 71.2 Å². The molecule has 4 nitrogen and oxygen atoms in total. The fourth-order valence-electron chi connectivity index (χ4n) is 1.57. The van der Waals surface area contributed by atoms with Crippen molar-refractivity contribution in [3.63, 3.8) is 0 Å². The predicted molar refractivity (Wildman–Crippen MR) is 44.6 cm³/mol. The zero-order chi connectivity index (χ0) is 8.55. The molecule has 66 valence electrons. The lowest BCUT2D eigenvalue weighted by Crippen LogP contribution is -2.28. The molecule has 2 N–H and O–H groups in total. The van der Waals surface area contributed by atoms with E-state index in [1.807, 2.05) is 6.20 Å². The predicted octanol–water partition coefficient (Wildman–Crippen LogP) is 0.0396. The average molecular weight is 167 g/mol. The van der Waals surface area contributed by atoms with Crippen molar-refractivity contribution < 1.29 is 5.11 Å². The number of nitrogens with one attached hydrogen (secondary N) is 1. The number of imidazole rings is 1. The molecule has 1 aromatic rings. The van der Waals surface area contributed by atoms with Gasteiger partial charge >= 0.3 is 0 Å². The Morgan fingerprint density at radius 1 is 1.75 bits per heavy atom. The molecule has 0 saturated heterocycles. The van der Waals surface area contributed by atoms with E-state index in [0.29, 0.717) is 0 Å². The topological polar surface area (TPSA) is 50.1 Å². The molecule has 1 aliphatic heterocycles. The van der Waals surface area contributed by atoms with Crippen molar-refractivity contribution >= 4 is 0 Å². The molecular weight excluding hydrogens is 154 g/mol. The maximum absolute atomic E-state index is 9.36. The van der Waals surface area contributed by atoms with Gasteiger partial charge in [0.1, 0.15) is 11.9 Å². The van der Waals surface area contributed by atoms with Crippen LogP contribution in [-0.2, 0) is 13.1 Å². The van der Waals surface area contributed by atoms with E-state index in [1.54, 1.807) is 6.92 Å². The molecule has 0 amide bonds. The number of hydrogen-bond donors (Lipinski definition) is 2. The molecule has 1 atom stereocenters. The summed E-state index contributed by atoms with van der Waals surface area (Å²) in [6.45, 7) is 4.48. The van der Waals surface area contributed by atoms with Crippen LogP contribution < -0.4 is 5.32 Å². The summed E-state index contributed by atoms with van der Waals surface area (Å²) in [5.41, 5.74) is 1.16. The maximum Gasteiger partial charge on any atom is 0.137 e. The minimum atomic E-state index is -0.461. The number of nitrogens with zero attached hydrogens (tertiary/aromatic N) is 2. The van der Waals surface area contributed by atoms with E-state index in [1.165, 1.54) is 0 Å². The third-order valence-corrected chi connectivity index (χ3v) is 2.16. The maximum atomic E-state index is 9.36. The van der Waals surface area contributed by atoms with E-state index in [2.05, 4.69) is 14.9 Å². The summed E-state index contributed by atoms with van der Waals surface area (Å²) >= 11 is 0. The minimum absolute atomic E-state index is 0.461. The highest BCUT2D eigenvalue weighted by Gasteiger charge is 2.15. The molecule has 0 saturated carbocycles. The summed E-state index contributed by atoms with van der Waals surface area (Å²) in [5, 5.41) is 12.6. The van der Waals surface area contributed by atoms with Crippen LogP contribution in [0.3, 0.4) is 0 Å². The molecule has 1 aliphatic rings. The van der Waals surface area contributed by atoms with Crippen molar-refractivity contribution in [3.8, 4) is 0 Å². The minimum Gasteiger partial charge on any atom is -0.385 e. The molecule has 0 aliphatic carbocycles. The number of fused-ring (bicyclic) bond motifs is 1. The highest BCUT2D eigenvalue weighted by molar-refractivity contribution is 5.08. The molecule has 0 bridgehead atoms. The first-order chi connectivity index (χ1) is 5.79. The second-order valence-electron chi connectivity index (χ2n) is 3.11. The fraction of sp³-hybridized carbons (Fsp3) is 0.625. The van der Waals surface area contributed by atoms with Gasteiger partial charge in [0.2, 0.25) is 0 Å². The van der Waals surface area contributed by atoms with E-state index >= 15 is 0 Å². The molecule has 2 heterocycles. The first-order valence-electron chi connectivity index (χ1n) is 4.22. The molecule has 0 spiro atoms. The van der Waals surface area contributed by atoms with Gasteiger partial charge in [-0.15, -0.1) is 0 Å². The van der Waals surface area contributed by atoms with Gasteiger partial charge in [0, 0.05) is 25.8 Å². The monoisotopic (exact) mass is 167 g/mol. The van der Waals surface area contributed by atoms with Crippen LogP contribution in [0.15, 0.2) is 6.20 Å². The quantitative estimate of drug-likeness (QED) is 0.621. The van der Waals surface area contributed by atoms with Crippen molar-refractivity contribution in [3.05, 3.63) is 17.7 Å². The van der Waals surface area contributed by atoms with E-state index in [9.17, 15) is 5.11 Å². The van der Waals surface area contributed by atoms with Gasteiger partial charge in [-0.3, -0.25) is 0 Å². The fourth-order valence-corrected chi connectivity index (χ4v) is 1.57. The molecule has 0 aromatic carbocycles. The Kier molecular flexibility index (Phi) is 1.86. The molecule has 0 radical (unpaired) electrons. The summed E-state index contributed by atoms with van der Waals surface area (Å²) in [6, 6.07) is 0. The Bertz CT molecular complexity index is 280. The highest BCUT2D eigenvalue weighted by atomic mass is 16.3. The first-order valence-corrected chi connectivity index (χ1v) is 4.22. The summed E-state index contributed by atoms with van der Waals surface area (Å²) in [4.78, 5) is 4.17. The van der Waals surface area contributed by atoms with E-state index in [4.69, 9.17) is 0 Å². The van der Waals surface area contributed by atoms with Crippen molar-refractivity contribution in [2.24, 2.45) is 0 Å². The van der Waals surface area contributed by atoms with E-state index in [0.717, 1.165) is 31.2 Å². The zero-order valence-electron chi connectivity index (χ0n) is 7.12. The van der Waals surface area contributed by atoms with Gasteiger partial charge in [-0.2, -0.15) is 0 Å². The summed E-state index contributed by atoms with van der Waals surface area (Å²) < 4.78 is 2.08. The third-order valence-electron chi connectivity index (χ3n) is 2.16. The molecular formula is C8H13N3O. The van der Waals surface area contributed by atoms with E-state index < -0.39 is 6.10 Å². The lowest BCUT2D eigenvalue weighted by atomic mass is 10.3. The normalized spacial score (nSPS) is 18.8.